The van der Waals surface area contributed by atoms with Crippen LogP contribution in [0.5, 0.6) is 0 Å². The fraction of sp³-hybridized carbons (Fsp3) is 0.950. The van der Waals surface area contributed by atoms with Gasteiger partial charge in [-0.25, -0.2) is 9.45 Å². The van der Waals surface area contributed by atoms with Crippen LogP contribution in [0, 0.1) is 6.42 Å². The van der Waals surface area contributed by atoms with Crippen molar-refractivity contribution in [3.63, 3.8) is 0 Å². The van der Waals surface area contributed by atoms with Crippen LogP contribution in [0.1, 0.15) is 117 Å². The molecule has 0 fully saturated rings. The van der Waals surface area contributed by atoms with Gasteiger partial charge in [-0.15, -0.1) is 4.67 Å². The Morgan fingerprint density at radius 3 is 1.37 bits per heavy atom. The van der Waals surface area contributed by atoms with Gasteiger partial charge in [-0.05, 0) is 6.42 Å². The molecule has 27 heavy (non-hydrogen) atoms. The fourth-order valence-corrected chi connectivity index (χ4v) is 2.67. The molecule has 0 unspecified atom stereocenters. The molecule has 7 heteroatoms. The third-order valence-electron chi connectivity index (χ3n) is 4.14. The molecule has 0 bridgehead atoms. The van der Waals surface area contributed by atoms with Gasteiger partial charge < -0.3 is 16.2 Å². The van der Waals surface area contributed by atoms with Crippen LogP contribution in [0.3, 0.4) is 0 Å². The van der Waals surface area contributed by atoms with Gasteiger partial charge >= 0.3 is 37.4 Å². The van der Waals surface area contributed by atoms with Crippen molar-refractivity contribution in [3.8, 4) is 0 Å². The molecule has 0 atom stereocenters. The summed E-state index contributed by atoms with van der Waals surface area (Å²) >= 11 is 0. The van der Waals surface area contributed by atoms with Crippen molar-refractivity contribution in [3.05, 3.63) is 6.42 Å². The van der Waals surface area contributed by atoms with Gasteiger partial charge in [-0.3, -0.25) is 0 Å². The number of phosphoric acid groups is 1. The van der Waals surface area contributed by atoms with Crippen LogP contribution in [-0.4, -0.2) is 16.4 Å². The summed E-state index contributed by atoms with van der Waals surface area (Å²) in [5, 5.41) is 0. The molecular formula is C20H44NaO5P. The Balaban J connectivity index is -0.00000104. The molecular weight excluding hydrogens is 374 g/mol. The summed E-state index contributed by atoms with van der Waals surface area (Å²) in [6.07, 6.45) is 21.1. The van der Waals surface area contributed by atoms with Crippen LogP contribution >= 0.6 is 7.82 Å². The number of hydrogen-bond donors (Lipinski definition) is 2. The zero-order valence-corrected chi connectivity index (χ0v) is 21.4. The first-order valence-electron chi connectivity index (χ1n) is 10.6. The quantitative estimate of drug-likeness (QED) is 0.0874. The van der Waals surface area contributed by atoms with E-state index in [0.717, 1.165) is 19.3 Å². The molecule has 0 saturated carbocycles. The van der Waals surface area contributed by atoms with E-state index in [2.05, 4.69) is 36.8 Å². The van der Waals surface area contributed by atoms with Crippen LogP contribution in [0.4, 0.5) is 0 Å². The maximum atomic E-state index is 10.3. The molecule has 0 aromatic carbocycles. The van der Waals surface area contributed by atoms with E-state index in [-0.39, 0.29) is 36.2 Å². The smallest absolute Gasteiger partial charge is 0.332 e. The zero-order valence-electron chi connectivity index (χ0n) is 18.5. The average molecular weight is 419 g/mol. The van der Waals surface area contributed by atoms with E-state index in [0.29, 0.717) is 0 Å². The molecule has 2 N–H and O–H groups in total. The molecule has 0 aliphatic heterocycles. The molecule has 0 saturated heterocycles. The van der Waals surface area contributed by atoms with Crippen molar-refractivity contribution in [1.82, 2.24) is 0 Å². The largest absolute Gasteiger partial charge is 1.00 e. The van der Waals surface area contributed by atoms with Gasteiger partial charge in [-0.1, -0.05) is 97.3 Å². The summed E-state index contributed by atoms with van der Waals surface area (Å²) in [5.41, 5.74) is 0. The summed E-state index contributed by atoms with van der Waals surface area (Å²) in [4.78, 5) is 21.2. The van der Waals surface area contributed by atoms with Crippen molar-refractivity contribution in [2.75, 3.05) is 6.61 Å². The molecule has 0 aromatic rings. The Morgan fingerprint density at radius 1 is 0.741 bits per heavy atom. The monoisotopic (exact) mass is 418 g/mol. The van der Waals surface area contributed by atoms with Crippen molar-refractivity contribution < 1.29 is 53.5 Å². The average Bonchev–Trinajstić information content (AvgIpc) is 2.60. The van der Waals surface area contributed by atoms with Gasteiger partial charge in [0.05, 0.1) is 6.61 Å². The third kappa shape index (κ3) is 38.3. The minimum atomic E-state index is -4.48. The Bertz CT molecular complexity index is 298. The third-order valence-corrected chi connectivity index (χ3v) is 4.44. The van der Waals surface area contributed by atoms with Crippen molar-refractivity contribution in [2.45, 2.75) is 117 Å². The van der Waals surface area contributed by atoms with E-state index in [1.165, 1.54) is 77.0 Å². The molecule has 0 spiro atoms. The normalized spacial score (nSPS) is 10.9. The topological polar surface area (TPSA) is 76.0 Å². The van der Waals surface area contributed by atoms with Gasteiger partial charge in [0.15, 0.2) is 0 Å². The second kappa shape index (κ2) is 27.1. The molecule has 0 aliphatic rings. The molecule has 0 radical (unpaired) electrons. The van der Waals surface area contributed by atoms with E-state index in [9.17, 15) is 4.57 Å². The molecule has 160 valence electrons. The van der Waals surface area contributed by atoms with Crippen LogP contribution in [0.25, 0.3) is 0 Å². The van der Waals surface area contributed by atoms with E-state index in [1.54, 1.807) is 0 Å². The maximum Gasteiger partial charge on any atom is 1.00 e. The minimum absolute atomic E-state index is 0. The Morgan fingerprint density at radius 2 is 1.07 bits per heavy atom. The summed E-state index contributed by atoms with van der Waals surface area (Å²) in [6.45, 7) is 6.67. The first-order valence-corrected chi connectivity index (χ1v) is 12.2. The van der Waals surface area contributed by atoms with E-state index < -0.39 is 7.82 Å². The predicted octanol–water partition coefficient (Wildman–Crippen LogP) is 4.13. The van der Waals surface area contributed by atoms with Crippen LogP contribution in [0.2, 0.25) is 0 Å². The van der Waals surface area contributed by atoms with Crippen molar-refractivity contribution in [2.24, 2.45) is 0 Å². The van der Waals surface area contributed by atoms with Gasteiger partial charge in [0.25, 0.3) is 0 Å². The van der Waals surface area contributed by atoms with Crippen LogP contribution in [-0.2, 0) is 14.1 Å². The summed E-state index contributed by atoms with van der Waals surface area (Å²) in [7, 11) is -4.48. The van der Waals surface area contributed by atoms with Crippen LogP contribution < -0.4 is 29.6 Å². The molecule has 0 amide bonds. The first-order chi connectivity index (χ1) is 12.5. The molecule has 0 heterocycles. The summed E-state index contributed by atoms with van der Waals surface area (Å²) in [6, 6.07) is 0. The molecule has 5 nitrogen and oxygen atoms in total. The Labute approximate surface area is 190 Å². The van der Waals surface area contributed by atoms with Gasteiger partial charge in [-0.2, -0.15) is 13.3 Å². The number of unbranched alkanes of at least 4 members (excludes halogenated alkanes) is 14. The first kappa shape index (κ1) is 32.7. The van der Waals surface area contributed by atoms with E-state index >= 15 is 0 Å². The molecule has 0 rings (SSSR count). The van der Waals surface area contributed by atoms with Crippen molar-refractivity contribution >= 4 is 7.82 Å². The van der Waals surface area contributed by atoms with Gasteiger partial charge in [0.2, 0.25) is 0 Å². The number of rotatable bonds is 18. The summed E-state index contributed by atoms with van der Waals surface area (Å²) < 4.78 is 14.2. The second-order valence-corrected chi connectivity index (χ2v) is 7.93. The van der Waals surface area contributed by atoms with E-state index in [1.807, 2.05) is 0 Å². The van der Waals surface area contributed by atoms with Gasteiger partial charge in [0, 0.05) is 0 Å². The minimum Gasteiger partial charge on any atom is -0.332 e. The Kier molecular flexibility index (Phi) is 32.8. The molecule has 0 aliphatic carbocycles. The fourth-order valence-electron chi connectivity index (χ4n) is 2.46. The molecule has 0 aromatic heterocycles. The SMILES string of the molecule is CCCCCCCCCCCCCCCCOOP(=O)(O)O.C[CH-]CC.[Na+]. The summed E-state index contributed by atoms with van der Waals surface area (Å²) in [5.74, 6) is 0. The zero-order chi connectivity index (χ0) is 19.9. The maximum absolute atomic E-state index is 10.3. The Hall–Kier alpha value is 1.07. The number of hydrogen-bond acceptors (Lipinski definition) is 3. The standard InChI is InChI=1S/C16H35O5P.C4H9.Na/c1-2-3-4-5-6-7-8-9-10-11-12-13-14-15-16-20-21-22(17,18)19;1-3-4-2;/h2-16H2,1H3,(H2,17,18,19);3H,4H2,1-2H3;/q;-1;+1. The van der Waals surface area contributed by atoms with Gasteiger partial charge in [0.1, 0.15) is 0 Å². The predicted molar refractivity (Wildman–Crippen MR) is 110 cm³/mol. The van der Waals surface area contributed by atoms with Crippen molar-refractivity contribution in [1.29, 1.82) is 0 Å². The van der Waals surface area contributed by atoms with E-state index in [4.69, 9.17) is 9.79 Å². The second-order valence-electron chi connectivity index (χ2n) is 6.80. The van der Waals surface area contributed by atoms with Crippen LogP contribution in [0.15, 0.2) is 0 Å².